The highest BCUT2D eigenvalue weighted by atomic mass is 79.9. The van der Waals surface area contributed by atoms with Gasteiger partial charge in [-0.1, -0.05) is 11.6 Å². The van der Waals surface area contributed by atoms with Gasteiger partial charge in [0.25, 0.3) is 0 Å². The first-order valence-corrected chi connectivity index (χ1v) is 4.08. The Balaban J connectivity index is 3.01. The Morgan fingerprint density at radius 3 is 2.91 bits per heavy atom. The zero-order valence-corrected chi connectivity index (χ0v) is 7.85. The molecule has 0 radical (unpaired) electrons. The lowest BCUT2D eigenvalue weighted by Gasteiger charge is -1.95. The summed E-state index contributed by atoms with van der Waals surface area (Å²) in [5.41, 5.74) is 0.874. The second-order valence-electron chi connectivity index (χ2n) is 1.96. The number of nitriles is 1. The Morgan fingerprint density at radius 1 is 1.64 bits per heavy atom. The molecule has 0 spiro atoms. The highest BCUT2D eigenvalue weighted by Gasteiger charge is 1.97. The van der Waals surface area contributed by atoms with Crippen molar-refractivity contribution in [3.63, 3.8) is 0 Å². The number of pyridine rings is 1. The molecule has 4 heteroatoms. The van der Waals surface area contributed by atoms with Crippen molar-refractivity contribution in [3.8, 4) is 6.07 Å². The lowest BCUT2D eigenvalue weighted by atomic mass is 10.2. The van der Waals surface area contributed by atoms with Crippen molar-refractivity contribution in [3.05, 3.63) is 27.5 Å². The van der Waals surface area contributed by atoms with Crippen molar-refractivity contribution in [2.24, 2.45) is 0 Å². The summed E-state index contributed by atoms with van der Waals surface area (Å²) in [6.07, 6.45) is 0.362. The van der Waals surface area contributed by atoms with Crippen LogP contribution >= 0.6 is 27.5 Å². The van der Waals surface area contributed by atoms with E-state index in [1.165, 1.54) is 0 Å². The zero-order chi connectivity index (χ0) is 8.27. The van der Waals surface area contributed by atoms with Crippen molar-refractivity contribution in [1.29, 1.82) is 5.26 Å². The molecule has 0 amide bonds. The Kier molecular flexibility index (Phi) is 2.86. The molecule has 0 saturated carbocycles. The molecule has 1 aromatic heterocycles. The van der Waals surface area contributed by atoms with Crippen LogP contribution in [0.25, 0.3) is 0 Å². The highest BCUT2D eigenvalue weighted by Crippen LogP contribution is 2.15. The first-order valence-electron chi connectivity index (χ1n) is 2.91. The fourth-order valence-electron chi connectivity index (χ4n) is 0.708. The van der Waals surface area contributed by atoms with Gasteiger partial charge >= 0.3 is 0 Å². The van der Waals surface area contributed by atoms with Gasteiger partial charge in [-0.25, -0.2) is 4.98 Å². The van der Waals surface area contributed by atoms with Crippen molar-refractivity contribution in [2.75, 3.05) is 0 Å². The van der Waals surface area contributed by atoms with Gasteiger partial charge in [-0.3, -0.25) is 0 Å². The van der Waals surface area contributed by atoms with Crippen LogP contribution in [0.5, 0.6) is 0 Å². The summed E-state index contributed by atoms with van der Waals surface area (Å²) < 4.78 is 0.662. The van der Waals surface area contributed by atoms with E-state index in [0.29, 0.717) is 16.2 Å². The molecule has 56 valence electrons. The van der Waals surface area contributed by atoms with Crippen LogP contribution in [0.1, 0.15) is 5.56 Å². The molecule has 1 heterocycles. The maximum atomic E-state index is 8.37. The predicted octanol–water partition coefficient (Wildman–Crippen LogP) is 2.56. The summed E-state index contributed by atoms with van der Waals surface area (Å²) in [6.45, 7) is 0. The molecule has 0 aromatic carbocycles. The summed E-state index contributed by atoms with van der Waals surface area (Å²) in [7, 11) is 0. The largest absolute Gasteiger partial charge is 0.229 e. The van der Waals surface area contributed by atoms with Crippen LogP contribution in [0.3, 0.4) is 0 Å². The van der Waals surface area contributed by atoms with Gasteiger partial charge in [-0.2, -0.15) is 5.26 Å². The number of hydrogen-bond acceptors (Lipinski definition) is 2. The molecule has 1 rings (SSSR count). The molecule has 0 atom stereocenters. The Morgan fingerprint density at radius 2 is 2.36 bits per heavy atom. The average molecular weight is 231 g/mol. The van der Waals surface area contributed by atoms with E-state index in [9.17, 15) is 0 Å². The fourth-order valence-corrected chi connectivity index (χ4v) is 1.53. The first-order chi connectivity index (χ1) is 5.22. The van der Waals surface area contributed by atoms with Crippen LogP contribution < -0.4 is 0 Å². The van der Waals surface area contributed by atoms with E-state index in [1.807, 2.05) is 6.07 Å². The van der Waals surface area contributed by atoms with Crippen molar-refractivity contribution in [1.82, 2.24) is 4.98 Å². The van der Waals surface area contributed by atoms with E-state index in [1.54, 1.807) is 12.1 Å². The molecule has 11 heavy (non-hydrogen) atoms. The molecule has 2 nitrogen and oxygen atoms in total. The Hall–Kier alpha value is -0.590. The molecule has 0 aliphatic heterocycles. The summed E-state index contributed by atoms with van der Waals surface area (Å²) in [5, 5.41) is 8.78. The van der Waals surface area contributed by atoms with E-state index >= 15 is 0 Å². The topological polar surface area (TPSA) is 36.7 Å². The van der Waals surface area contributed by atoms with Gasteiger partial charge in [0, 0.05) is 0 Å². The Bertz CT molecular complexity index is 286. The quantitative estimate of drug-likeness (QED) is 0.697. The third-order valence-electron chi connectivity index (χ3n) is 1.11. The first kappa shape index (κ1) is 8.51. The summed E-state index contributed by atoms with van der Waals surface area (Å²) in [6, 6.07) is 5.48. The highest BCUT2D eigenvalue weighted by molar-refractivity contribution is 9.10. The summed E-state index contributed by atoms with van der Waals surface area (Å²) in [5.74, 6) is 0. The molecular weight excluding hydrogens is 227 g/mol. The number of nitrogens with zero attached hydrogens (tertiary/aromatic N) is 2. The minimum absolute atomic E-state index is 0.362. The van der Waals surface area contributed by atoms with Gasteiger partial charge in [0.2, 0.25) is 0 Å². The minimum Gasteiger partial charge on any atom is -0.229 e. The van der Waals surface area contributed by atoms with Crippen molar-refractivity contribution < 1.29 is 0 Å². The normalized spacial score (nSPS) is 9.18. The van der Waals surface area contributed by atoms with E-state index in [2.05, 4.69) is 20.9 Å². The average Bonchev–Trinajstić information content (AvgIpc) is 1.85. The SMILES string of the molecule is N#CCc1cc(Cl)nc(Br)c1. The maximum absolute atomic E-state index is 8.37. The lowest BCUT2D eigenvalue weighted by Crippen LogP contribution is -1.84. The number of halogens is 2. The van der Waals surface area contributed by atoms with E-state index in [4.69, 9.17) is 16.9 Å². The summed E-state index contributed by atoms with van der Waals surface area (Å²) in [4.78, 5) is 3.89. The summed E-state index contributed by atoms with van der Waals surface area (Å²) >= 11 is 8.81. The van der Waals surface area contributed by atoms with Gasteiger partial charge in [-0.05, 0) is 33.6 Å². The minimum atomic E-state index is 0.362. The van der Waals surface area contributed by atoms with Crippen LogP contribution in [-0.4, -0.2) is 4.98 Å². The molecule has 0 aliphatic carbocycles. The molecular formula is C7H4BrClN2. The molecule has 0 N–H and O–H groups in total. The molecule has 0 unspecified atom stereocenters. The van der Waals surface area contributed by atoms with E-state index < -0.39 is 0 Å². The van der Waals surface area contributed by atoms with Crippen molar-refractivity contribution >= 4 is 27.5 Å². The molecule has 1 aromatic rings. The van der Waals surface area contributed by atoms with E-state index in [0.717, 1.165) is 5.56 Å². The number of hydrogen-bond donors (Lipinski definition) is 0. The van der Waals surface area contributed by atoms with Crippen molar-refractivity contribution in [2.45, 2.75) is 6.42 Å². The lowest BCUT2D eigenvalue weighted by molar-refractivity contribution is 1.19. The van der Waals surface area contributed by atoms with Crippen LogP contribution in [0.15, 0.2) is 16.7 Å². The monoisotopic (exact) mass is 230 g/mol. The maximum Gasteiger partial charge on any atom is 0.130 e. The van der Waals surface area contributed by atoms with Gasteiger partial charge in [0.1, 0.15) is 9.76 Å². The number of aromatic nitrogens is 1. The fraction of sp³-hybridized carbons (Fsp3) is 0.143. The molecule has 0 fully saturated rings. The smallest absolute Gasteiger partial charge is 0.130 e. The van der Waals surface area contributed by atoms with Crippen LogP contribution in [0, 0.1) is 11.3 Å². The molecule has 0 bridgehead atoms. The van der Waals surface area contributed by atoms with Gasteiger partial charge in [0.15, 0.2) is 0 Å². The van der Waals surface area contributed by atoms with Gasteiger partial charge in [0.05, 0.1) is 12.5 Å². The molecule has 0 saturated heterocycles. The van der Waals surface area contributed by atoms with Crippen LogP contribution in [-0.2, 0) is 6.42 Å². The number of rotatable bonds is 1. The second-order valence-corrected chi connectivity index (χ2v) is 3.16. The van der Waals surface area contributed by atoms with Crippen LogP contribution in [0.2, 0.25) is 5.15 Å². The van der Waals surface area contributed by atoms with Gasteiger partial charge in [-0.15, -0.1) is 0 Å². The van der Waals surface area contributed by atoms with Crippen LogP contribution in [0.4, 0.5) is 0 Å². The Labute approximate surface area is 77.9 Å². The predicted molar refractivity (Wildman–Crippen MR) is 46.3 cm³/mol. The van der Waals surface area contributed by atoms with Gasteiger partial charge < -0.3 is 0 Å². The third kappa shape index (κ3) is 2.49. The molecule has 0 aliphatic rings. The zero-order valence-electron chi connectivity index (χ0n) is 5.51. The second kappa shape index (κ2) is 3.70. The third-order valence-corrected chi connectivity index (χ3v) is 1.71. The standard InChI is InChI=1S/C7H4BrClN2/c8-6-3-5(1-2-10)4-7(9)11-6/h3-4H,1H2. The van der Waals surface area contributed by atoms with E-state index in [-0.39, 0.29) is 0 Å².